The summed E-state index contributed by atoms with van der Waals surface area (Å²) in [5, 5.41) is 13.0. The highest BCUT2D eigenvalue weighted by Gasteiger charge is 2.46. The van der Waals surface area contributed by atoms with E-state index < -0.39 is 6.29 Å². The molecule has 7 unspecified atom stereocenters. The second-order valence-corrected chi connectivity index (χ2v) is 15.0. The molecule has 3 aromatic rings. The summed E-state index contributed by atoms with van der Waals surface area (Å²) in [4.78, 5) is 16.3. The Balaban J connectivity index is 1.31. The van der Waals surface area contributed by atoms with Crippen molar-refractivity contribution in [3.05, 3.63) is 95.1 Å². The van der Waals surface area contributed by atoms with Gasteiger partial charge < -0.3 is 25.6 Å². The minimum atomic E-state index is -0.558. The number of ether oxygens (including phenoxy) is 2. The first kappa shape index (κ1) is 33.8. The highest BCUT2D eigenvalue weighted by Crippen LogP contribution is 2.44. The average molecular weight is 640 g/mol. The molecular weight excluding hydrogens is 586 g/mol. The van der Waals surface area contributed by atoms with E-state index in [1.807, 2.05) is 24.3 Å². The molecule has 1 saturated carbocycles. The van der Waals surface area contributed by atoms with Crippen LogP contribution >= 0.6 is 0 Å². The third-order valence-electron chi connectivity index (χ3n) is 10.5. The third kappa shape index (κ3) is 7.82. The molecule has 7 atom stereocenters. The highest BCUT2D eigenvalue weighted by atomic mass is 16.7. The minimum absolute atomic E-state index is 0.00574. The lowest BCUT2D eigenvalue weighted by Gasteiger charge is -2.51. The average Bonchev–Trinajstić information content (AvgIpc) is 3.08. The van der Waals surface area contributed by atoms with Crippen molar-refractivity contribution in [2.45, 2.75) is 115 Å². The van der Waals surface area contributed by atoms with Crippen LogP contribution in [0.2, 0.25) is 0 Å². The van der Waals surface area contributed by atoms with Crippen molar-refractivity contribution < 1.29 is 19.4 Å². The summed E-state index contributed by atoms with van der Waals surface area (Å²) < 4.78 is 13.7. The minimum Gasteiger partial charge on any atom is -0.392 e. The normalized spacial score (nSPS) is 28.4. The molecule has 1 aliphatic carbocycles. The monoisotopic (exact) mass is 639 g/mol. The van der Waals surface area contributed by atoms with Gasteiger partial charge in [0.05, 0.1) is 24.9 Å². The molecule has 3 aromatic carbocycles. The van der Waals surface area contributed by atoms with E-state index in [4.69, 9.17) is 15.2 Å². The van der Waals surface area contributed by atoms with Crippen molar-refractivity contribution in [2.24, 2.45) is 17.6 Å². The maximum atomic E-state index is 13.8. The number of piperidine rings is 1. The van der Waals surface area contributed by atoms with Crippen LogP contribution in [0.15, 0.2) is 72.8 Å². The highest BCUT2D eigenvalue weighted by molar-refractivity contribution is 5.82. The first-order valence-electron chi connectivity index (χ1n) is 17.6. The predicted molar refractivity (Wildman–Crippen MR) is 186 cm³/mol. The van der Waals surface area contributed by atoms with Crippen LogP contribution < -0.4 is 11.1 Å². The van der Waals surface area contributed by atoms with Gasteiger partial charge in [0.25, 0.3) is 0 Å². The van der Waals surface area contributed by atoms with Crippen molar-refractivity contribution in [3.63, 3.8) is 0 Å². The fourth-order valence-electron chi connectivity index (χ4n) is 7.97. The summed E-state index contributed by atoms with van der Waals surface area (Å²) in [6.07, 6.45) is 5.92. The van der Waals surface area contributed by atoms with E-state index in [1.165, 1.54) is 19.3 Å². The number of hydrogen-bond acceptors (Lipinski definition) is 6. The summed E-state index contributed by atoms with van der Waals surface area (Å²) in [5.74, 6) is 0.795. The quantitative estimate of drug-likeness (QED) is 0.245. The Labute approximate surface area is 280 Å². The van der Waals surface area contributed by atoms with Gasteiger partial charge in [-0.05, 0) is 86.3 Å². The molecule has 6 rings (SSSR count). The van der Waals surface area contributed by atoms with Crippen LogP contribution in [-0.2, 0) is 27.4 Å². The maximum Gasteiger partial charge on any atom is 0.237 e. The van der Waals surface area contributed by atoms with Crippen LogP contribution in [0.25, 0.3) is 11.1 Å². The number of aliphatic hydroxyl groups excluding tert-OH is 1. The van der Waals surface area contributed by atoms with Crippen LogP contribution in [0.3, 0.4) is 0 Å². The first-order chi connectivity index (χ1) is 22.6. The molecule has 252 valence electrons. The van der Waals surface area contributed by atoms with Gasteiger partial charge in [0.15, 0.2) is 6.29 Å². The van der Waals surface area contributed by atoms with Gasteiger partial charge in [0.2, 0.25) is 5.91 Å². The molecular formula is C40H53N3O4. The zero-order valence-corrected chi connectivity index (χ0v) is 28.5. The Bertz CT molecular complexity index is 1480. The van der Waals surface area contributed by atoms with Crippen LogP contribution in [0.5, 0.6) is 0 Å². The summed E-state index contributed by atoms with van der Waals surface area (Å²) in [6, 6.07) is 25.1. The van der Waals surface area contributed by atoms with Gasteiger partial charge in [-0.25, -0.2) is 0 Å². The number of nitrogens with one attached hydrogen (secondary N) is 1. The second kappa shape index (κ2) is 14.6. The number of rotatable bonds is 8. The first-order valence-corrected chi connectivity index (χ1v) is 17.6. The molecule has 3 fully saturated rings. The van der Waals surface area contributed by atoms with Crippen molar-refractivity contribution in [3.8, 4) is 11.1 Å². The summed E-state index contributed by atoms with van der Waals surface area (Å²) >= 11 is 0. The SMILES string of the molecule is CC1C(CN2C(C(=O)NC(C)(C)C)CCC3CCCCC32)OC(c2ccc(-c3cccc(CN)c3)cc2)OC1c1ccc(CO)cc1. The molecule has 0 bridgehead atoms. The van der Waals surface area contributed by atoms with Crippen molar-refractivity contribution >= 4 is 5.91 Å². The van der Waals surface area contributed by atoms with Gasteiger partial charge >= 0.3 is 0 Å². The van der Waals surface area contributed by atoms with Gasteiger partial charge in [-0.1, -0.05) is 86.5 Å². The maximum absolute atomic E-state index is 13.8. The van der Waals surface area contributed by atoms with Crippen LogP contribution in [0.4, 0.5) is 0 Å². The summed E-state index contributed by atoms with van der Waals surface area (Å²) in [7, 11) is 0. The van der Waals surface area contributed by atoms with Crippen molar-refractivity contribution in [2.75, 3.05) is 6.54 Å². The zero-order valence-electron chi connectivity index (χ0n) is 28.5. The van der Waals surface area contributed by atoms with Crippen molar-refractivity contribution in [1.82, 2.24) is 10.2 Å². The Morgan fingerprint density at radius 3 is 2.32 bits per heavy atom. The standard InChI is InChI=1S/C40H53N3O4/c1-26-36(24-43-34-11-6-5-9-30(34)20-21-35(43)38(45)42-40(2,3)4)46-39(47-37(26)31-14-12-27(25-44)13-15-31)32-18-16-29(17-19-32)33-10-7-8-28(22-33)23-41/h7-8,10,12-19,22,26,30,34-37,39,44H,5-6,9,11,20-21,23-25,41H2,1-4H3,(H,42,45). The number of carbonyl (C=O) groups excluding carboxylic acids is 1. The van der Waals surface area contributed by atoms with Crippen LogP contribution in [0, 0.1) is 11.8 Å². The lowest BCUT2D eigenvalue weighted by molar-refractivity contribution is -0.278. The number of amides is 1. The van der Waals surface area contributed by atoms with E-state index in [9.17, 15) is 9.90 Å². The molecule has 2 heterocycles. The lowest BCUT2D eigenvalue weighted by atomic mass is 9.75. The zero-order chi connectivity index (χ0) is 33.1. The molecule has 7 nitrogen and oxygen atoms in total. The van der Waals surface area contributed by atoms with E-state index in [0.29, 0.717) is 25.0 Å². The van der Waals surface area contributed by atoms with Crippen molar-refractivity contribution in [1.29, 1.82) is 0 Å². The van der Waals surface area contributed by atoms with Gasteiger partial charge in [0, 0.05) is 36.2 Å². The topological polar surface area (TPSA) is 97.1 Å². The molecule has 2 aliphatic heterocycles. The van der Waals surface area contributed by atoms with E-state index in [0.717, 1.165) is 52.6 Å². The summed E-state index contributed by atoms with van der Waals surface area (Å²) in [6.45, 7) is 9.58. The second-order valence-electron chi connectivity index (χ2n) is 15.0. The van der Waals surface area contributed by atoms with Crippen LogP contribution in [0.1, 0.15) is 101 Å². The van der Waals surface area contributed by atoms with Gasteiger partial charge in [-0.2, -0.15) is 0 Å². The third-order valence-corrected chi connectivity index (χ3v) is 10.5. The number of aliphatic hydroxyl groups is 1. The molecule has 3 aliphatic rings. The predicted octanol–water partition coefficient (Wildman–Crippen LogP) is 7.03. The van der Waals surface area contributed by atoms with E-state index in [1.54, 1.807) is 0 Å². The van der Waals surface area contributed by atoms with Crippen LogP contribution in [-0.4, -0.2) is 46.2 Å². The number of carbonyl (C=O) groups is 1. The number of likely N-dealkylation sites (tertiary alicyclic amines) is 1. The van der Waals surface area contributed by atoms with E-state index >= 15 is 0 Å². The molecule has 0 spiro atoms. The molecule has 47 heavy (non-hydrogen) atoms. The Kier molecular flexibility index (Phi) is 10.5. The largest absolute Gasteiger partial charge is 0.392 e. The number of fused-ring (bicyclic) bond motifs is 1. The molecule has 0 aromatic heterocycles. The molecule has 1 amide bonds. The van der Waals surface area contributed by atoms with Gasteiger partial charge in [-0.3, -0.25) is 9.69 Å². The number of nitrogens with two attached hydrogens (primary N) is 1. The smallest absolute Gasteiger partial charge is 0.237 e. The Morgan fingerprint density at radius 1 is 0.894 bits per heavy atom. The summed E-state index contributed by atoms with van der Waals surface area (Å²) in [5.41, 5.74) is 11.9. The molecule has 4 N–H and O–H groups in total. The number of hydrogen-bond donors (Lipinski definition) is 3. The fourth-order valence-corrected chi connectivity index (χ4v) is 7.97. The van der Waals surface area contributed by atoms with E-state index in [-0.39, 0.29) is 42.2 Å². The molecule has 7 heteroatoms. The Hall–Kier alpha value is -3.07. The lowest BCUT2D eigenvalue weighted by Crippen LogP contribution is -2.61. The molecule has 0 radical (unpaired) electrons. The van der Waals surface area contributed by atoms with E-state index in [2.05, 4.69) is 86.4 Å². The van der Waals surface area contributed by atoms with Gasteiger partial charge in [-0.15, -0.1) is 0 Å². The number of nitrogens with zero attached hydrogens (tertiary/aromatic N) is 1. The number of benzene rings is 3. The fraction of sp³-hybridized carbons (Fsp3) is 0.525. The van der Waals surface area contributed by atoms with Gasteiger partial charge in [0.1, 0.15) is 0 Å². The Morgan fingerprint density at radius 2 is 1.62 bits per heavy atom. The molecule has 2 saturated heterocycles.